The van der Waals surface area contributed by atoms with Crippen molar-refractivity contribution < 1.29 is 43.6 Å². The highest BCUT2D eigenvalue weighted by atomic mass is 35.5. The molecule has 596 valence electrons. The first kappa shape index (κ1) is 85.1. The highest BCUT2D eigenvalue weighted by molar-refractivity contribution is 6.77. The van der Waals surface area contributed by atoms with E-state index >= 15 is 0 Å². The number of aromatic nitrogens is 12. The van der Waals surface area contributed by atoms with Gasteiger partial charge in [-0.2, -0.15) is 15.3 Å². The number of halogens is 1. The molecule has 114 heavy (non-hydrogen) atoms. The molecular formula is C87H108BClN12O9Si4. The van der Waals surface area contributed by atoms with Crippen molar-refractivity contribution in [2.45, 2.75) is 137 Å². The van der Waals surface area contributed by atoms with Crippen molar-refractivity contribution in [2.24, 2.45) is 0 Å². The Morgan fingerprint density at radius 3 is 1.38 bits per heavy atom. The van der Waals surface area contributed by atoms with Gasteiger partial charge in [-0.1, -0.05) is 183 Å². The number of ether oxygens (including phenoxy) is 6. The van der Waals surface area contributed by atoms with Gasteiger partial charge in [0.15, 0.2) is 17.5 Å². The van der Waals surface area contributed by atoms with Gasteiger partial charge in [0.05, 0.1) is 63.9 Å². The third-order valence-electron chi connectivity index (χ3n) is 19.2. The Balaban J connectivity index is 0.000000160. The molecule has 6 heterocycles. The van der Waals surface area contributed by atoms with Gasteiger partial charge in [0.25, 0.3) is 0 Å². The Labute approximate surface area is 677 Å². The van der Waals surface area contributed by atoms with Crippen LogP contribution in [0.2, 0.25) is 108 Å². The lowest BCUT2D eigenvalue weighted by atomic mass is 9.80. The molecule has 0 aliphatic carbocycles. The molecule has 15 aromatic rings. The summed E-state index contributed by atoms with van der Waals surface area (Å²) >= 11 is 6.42. The highest BCUT2D eigenvalue weighted by Gasteiger charge is 2.25. The third kappa shape index (κ3) is 22.2. The van der Waals surface area contributed by atoms with Gasteiger partial charge in [0, 0.05) is 79.9 Å². The van der Waals surface area contributed by atoms with Crippen LogP contribution in [0.15, 0.2) is 200 Å². The number of benzene rings is 9. The number of methoxy groups -OCH3 is 2. The number of rotatable bonds is 28. The van der Waals surface area contributed by atoms with Crippen molar-refractivity contribution in [1.82, 2.24) is 58.8 Å². The molecule has 27 heteroatoms. The summed E-state index contributed by atoms with van der Waals surface area (Å²) in [5.74, 6) is 4.03. The maximum absolute atomic E-state index is 9.73. The topological polar surface area (TPSA) is 245 Å². The van der Waals surface area contributed by atoms with E-state index < -0.39 is 39.4 Å². The summed E-state index contributed by atoms with van der Waals surface area (Å²) in [4.78, 5) is 18.0. The number of para-hydroxylation sites is 6. The number of imidazole rings is 3. The first-order chi connectivity index (χ1) is 54.1. The number of nitrogens with one attached hydrogen (secondary N) is 2. The molecule has 0 fully saturated rings. The number of nitrogens with zero attached hydrogens (tertiary/aromatic N) is 10. The van der Waals surface area contributed by atoms with Gasteiger partial charge in [-0.3, -0.25) is 14.2 Å². The van der Waals surface area contributed by atoms with Crippen molar-refractivity contribution in [2.75, 3.05) is 40.6 Å². The molecule has 0 saturated carbocycles. The first-order valence-corrected chi connectivity index (χ1v) is 53.5. The molecule has 0 saturated heterocycles. The van der Waals surface area contributed by atoms with Crippen LogP contribution >= 0.6 is 11.6 Å². The van der Waals surface area contributed by atoms with Crippen molar-refractivity contribution in [3.63, 3.8) is 0 Å². The number of aromatic amines is 2. The summed E-state index contributed by atoms with van der Waals surface area (Å²) in [6.45, 7) is 33.0. The monoisotopic (exact) mass is 1620 g/mol. The number of H-pyrrole nitrogens is 2. The zero-order valence-corrected chi connectivity index (χ0v) is 72.0. The van der Waals surface area contributed by atoms with Crippen LogP contribution in [0.1, 0.15) is 7.43 Å². The molecule has 5 N–H and O–H groups in total. The number of aromatic hydroxyl groups is 1. The van der Waals surface area contributed by atoms with Gasteiger partial charge in [-0.15, -0.1) is 0 Å². The number of phenols is 1. The van der Waals surface area contributed by atoms with Crippen LogP contribution in [0, 0.1) is 0 Å². The second-order valence-corrected chi connectivity index (χ2v) is 56.0. The Kier molecular flexibility index (Phi) is 28.1. The molecule has 21 nitrogen and oxygen atoms in total. The van der Waals surface area contributed by atoms with Gasteiger partial charge >= 0.3 is 7.12 Å². The van der Waals surface area contributed by atoms with Crippen molar-refractivity contribution in [1.29, 1.82) is 0 Å². The number of phenolic OH excluding ortho intramolecular Hbond substituents is 1. The molecule has 0 amide bonds. The van der Waals surface area contributed by atoms with E-state index in [1.165, 1.54) is 7.11 Å². The van der Waals surface area contributed by atoms with Gasteiger partial charge in [0.1, 0.15) is 61.3 Å². The Morgan fingerprint density at radius 1 is 0.412 bits per heavy atom. The number of hydrogen-bond donors (Lipinski definition) is 5. The van der Waals surface area contributed by atoms with Crippen molar-refractivity contribution in [3.05, 3.63) is 205 Å². The van der Waals surface area contributed by atoms with Crippen LogP contribution in [-0.2, 0) is 45.9 Å². The summed E-state index contributed by atoms with van der Waals surface area (Å²) in [6.07, 6.45) is 0. The van der Waals surface area contributed by atoms with Crippen LogP contribution in [0.25, 0.3) is 123 Å². The fraction of sp³-hybridized carbons (Fsp3) is 0.310. The lowest BCUT2D eigenvalue weighted by Gasteiger charge is -2.16. The predicted octanol–water partition coefficient (Wildman–Crippen LogP) is 20.2. The lowest BCUT2D eigenvalue weighted by molar-refractivity contribution is 0.0815. The summed E-state index contributed by atoms with van der Waals surface area (Å²) < 4.78 is 43.2. The number of hydrogen-bond acceptors (Lipinski definition) is 15. The van der Waals surface area contributed by atoms with E-state index in [0.29, 0.717) is 43.2 Å². The predicted molar refractivity (Wildman–Crippen MR) is 478 cm³/mol. The molecule has 0 bridgehead atoms. The standard InChI is InChI=1S/C33H44N4O3Si2.C26H37ClN4O2Si2.C20H14N4O.C7H9BO3.CH4/c1-38-27-12-10-11-25(21-27)26-15-16-30-28(22-26)32(35-37(30)24-40-18-20-42(5,6)7)33-34-29-13-8-9-14-31(29)36(33)23-39-17-19-41(2,3)4;1-34(2,3)15-13-32-18-30-24-10-8-7-9-22(24)28-26(30)25-21-17-20(27)11-12-23(21)31(29-25)19-33-14-16-35(4,5)6;25-14-5-3-4-12(10-14)13-8-9-16-15(11-13)19(24-23-16)20-21-17-6-1-2-7-18(17)22-20;1-11-7-4-2-3-6(5-7)8(9)10;/h8-16,21-22H,17-20,23-24H2,1-7H3;7-12,17H,13-16,18-19H2,1-6H3;1-11,25H,(H,21,22)(H,23,24);2-5,9-10H,1H3;1H4. The van der Waals surface area contributed by atoms with E-state index in [-0.39, 0.29) is 13.2 Å². The van der Waals surface area contributed by atoms with Crippen LogP contribution in [0.4, 0.5) is 0 Å². The van der Waals surface area contributed by atoms with E-state index in [9.17, 15) is 5.11 Å². The second kappa shape index (κ2) is 37.6. The van der Waals surface area contributed by atoms with Crippen LogP contribution in [0.3, 0.4) is 0 Å². The van der Waals surface area contributed by atoms with Crippen LogP contribution < -0.4 is 14.9 Å². The minimum absolute atomic E-state index is 0. The molecule has 9 aromatic carbocycles. The molecule has 15 rings (SSSR count). The fourth-order valence-corrected chi connectivity index (χ4v) is 15.9. The largest absolute Gasteiger partial charge is 0.508 e. The average molecular weight is 1620 g/mol. The fourth-order valence-electron chi connectivity index (χ4n) is 12.7. The van der Waals surface area contributed by atoms with E-state index in [4.69, 9.17) is 70.2 Å². The smallest absolute Gasteiger partial charge is 0.488 e. The van der Waals surface area contributed by atoms with E-state index in [1.54, 1.807) is 43.5 Å². The highest BCUT2D eigenvalue weighted by Crippen LogP contribution is 2.38. The minimum atomic E-state index is -1.43. The maximum Gasteiger partial charge on any atom is 0.488 e. The quantitative estimate of drug-likeness (QED) is 0.0226. The second-order valence-electron chi connectivity index (χ2n) is 33.1. The normalized spacial score (nSPS) is 11.9. The Morgan fingerprint density at radius 2 is 0.860 bits per heavy atom. The molecule has 0 atom stereocenters. The van der Waals surface area contributed by atoms with E-state index in [1.807, 2.05) is 112 Å². The van der Waals surface area contributed by atoms with Gasteiger partial charge in [0.2, 0.25) is 0 Å². The minimum Gasteiger partial charge on any atom is -0.508 e. The van der Waals surface area contributed by atoms with E-state index in [2.05, 4.69) is 169 Å². The Bertz CT molecular complexity index is 5680. The third-order valence-corrected chi connectivity index (χ3v) is 26.3. The summed E-state index contributed by atoms with van der Waals surface area (Å²) in [5, 5.41) is 48.5. The van der Waals surface area contributed by atoms with Crippen LogP contribution in [0.5, 0.6) is 17.2 Å². The first-order valence-electron chi connectivity index (χ1n) is 38.3. The van der Waals surface area contributed by atoms with E-state index in [0.717, 1.165) is 179 Å². The molecular weight excluding hydrogens is 1520 g/mol. The summed E-state index contributed by atoms with van der Waals surface area (Å²) in [5.41, 5.74) is 15.8. The zero-order valence-electron chi connectivity index (χ0n) is 67.3. The van der Waals surface area contributed by atoms with Crippen molar-refractivity contribution >= 4 is 122 Å². The molecule has 0 aliphatic rings. The van der Waals surface area contributed by atoms with Gasteiger partial charge < -0.3 is 48.6 Å². The summed E-state index contributed by atoms with van der Waals surface area (Å²) in [7, 11) is -2.92. The van der Waals surface area contributed by atoms with Crippen LogP contribution in [-0.4, -0.2) is 154 Å². The molecule has 0 radical (unpaired) electrons. The number of fused-ring (bicyclic) bond motifs is 6. The lowest BCUT2D eigenvalue weighted by Crippen LogP contribution is -2.29. The maximum atomic E-state index is 9.73. The Hall–Kier alpha value is -9.82. The molecule has 6 aromatic heterocycles. The van der Waals surface area contributed by atoms with Crippen molar-refractivity contribution in [3.8, 4) is 74.1 Å². The molecule has 0 unspecified atom stereocenters. The molecule has 0 spiro atoms. The summed E-state index contributed by atoms with van der Waals surface area (Å²) in [6, 6.07) is 69.2. The molecule has 0 aliphatic heterocycles. The SMILES string of the molecule is C.COc1cccc(-c2ccc3c(c2)c(-c2nc4ccccc4n2COCC[Si](C)(C)C)nn3COCC[Si](C)(C)C)c1.COc1cccc(B(O)O)c1.C[Si](C)(C)CCOCn1nc(-c2nc3ccccc3n2COCC[Si](C)(C)C)c2cc(Cl)ccc21.Oc1cccc(-c2ccc3[nH]nc(-c4nc5ccccc5[nH]4)c3c2)c1. The average Bonchev–Trinajstić information content (AvgIpc) is 1.60. The zero-order chi connectivity index (χ0) is 80.2. The van der Waals surface area contributed by atoms with Gasteiger partial charge in [-0.25, -0.2) is 24.3 Å². The van der Waals surface area contributed by atoms with Gasteiger partial charge in [-0.05, 0) is 167 Å².